The van der Waals surface area contributed by atoms with Crippen LogP contribution in [-0.2, 0) is 4.79 Å². The zero-order chi connectivity index (χ0) is 22.2. The zero-order valence-corrected chi connectivity index (χ0v) is 19.6. The molecule has 7 nitrogen and oxygen atoms in total. The van der Waals surface area contributed by atoms with Crippen molar-refractivity contribution < 1.29 is 14.0 Å². The summed E-state index contributed by atoms with van der Waals surface area (Å²) in [6, 6.07) is 6.31. The highest BCUT2D eigenvalue weighted by Gasteiger charge is 2.21. The second kappa shape index (κ2) is 8.65. The average molecular weight is 494 g/mol. The Bertz CT molecular complexity index is 1140. The van der Waals surface area contributed by atoms with Crippen LogP contribution in [0.3, 0.4) is 0 Å². The van der Waals surface area contributed by atoms with E-state index in [0.717, 1.165) is 11.4 Å². The Kier molecular flexibility index (Phi) is 6.38. The minimum absolute atomic E-state index is 0.242. The van der Waals surface area contributed by atoms with Gasteiger partial charge < -0.3 is 15.1 Å². The van der Waals surface area contributed by atoms with Crippen LogP contribution < -0.4 is 10.6 Å². The van der Waals surface area contributed by atoms with Crippen molar-refractivity contribution >= 4 is 50.7 Å². The molecule has 1 atom stereocenters. The van der Waals surface area contributed by atoms with E-state index < -0.39 is 6.04 Å². The summed E-state index contributed by atoms with van der Waals surface area (Å²) in [6.07, 6.45) is 0. The monoisotopic (exact) mass is 492 g/mol. The minimum atomic E-state index is -0.501. The fourth-order valence-electron chi connectivity index (χ4n) is 3.19. The third kappa shape index (κ3) is 4.44. The molecule has 158 valence electrons. The average Bonchev–Trinajstić information content (AvgIpc) is 3.13. The second-order valence-electron chi connectivity index (χ2n) is 7.09. The van der Waals surface area contributed by atoms with E-state index in [9.17, 15) is 9.59 Å². The number of hydrogen-bond acceptors (Lipinski definition) is 4. The van der Waals surface area contributed by atoms with Crippen molar-refractivity contribution in [3.8, 4) is 0 Å². The van der Waals surface area contributed by atoms with Gasteiger partial charge in [-0.2, -0.15) is 5.10 Å². The number of carbonyl (C=O) groups is 2. The quantitative estimate of drug-likeness (QED) is 0.486. The van der Waals surface area contributed by atoms with Crippen LogP contribution in [0.25, 0.3) is 0 Å². The molecule has 0 spiro atoms. The number of furan rings is 1. The van der Waals surface area contributed by atoms with Crippen LogP contribution in [0.5, 0.6) is 0 Å². The second-order valence-corrected chi connectivity index (χ2v) is 8.29. The molecule has 0 saturated carbocycles. The van der Waals surface area contributed by atoms with E-state index in [-0.39, 0.29) is 11.8 Å². The van der Waals surface area contributed by atoms with Gasteiger partial charge in [-0.3, -0.25) is 14.3 Å². The lowest BCUT2D eigenvalue weighted by Gasteiger charge is -2.16. The van der Waals surface area contributed by atoms with E-state index in [1.165, 1.54) is 0 Å². The lowest BCUT2D eigenvalue weighted by atomic mass is 10.2. The number of aryl methyl sites for hydroxylation is 4. The summed E-state index contributed by atoms with van der Waals surface area (Å²) in [4.78, 5) is 25.2. The number of nitrogens with zero attached hydrogens (tertiary/aromatic N) is 2. The molecule has 0 saturated heterocycles. The van der Waals surface area contributed by atoms with Crippen molar-refractivity contribution in [3.63, 3.8) is 0 Å². The van der Waals surface area contributed by atoms with Crippen molar-refractivity contribution in [3.05, 3.63) is 62.2 Å². The minimum Gasteiger partial charge on any atom is -0.465 e. The lowest BCUT2D eigenvalue weighted by molar-refractivity contribution is -0.119. The molecule has 2 N–H and O–H groups in total. The number of anilines is 2. The maximum absolute atomic E-state index is 12.6. The van der Waals surface area contributed by atoms with Crippen LogP contribution in [0.2, 0.25) is 5.02 Å². The first-order valence-corrected chi connectivity index (χ1v) is 10.5. The van der Waals surface area contributed by atoms with Crippen molar-refractivity contribution in [1.29, 1.82) is 0 Å². The highest BCUT2D eigenvalue weighted by atomic mass is 79.9. The Hall–Kier alpha value is -2.58. The van der Waals surface area contributed by atoms with Crippen LogP contribution in [0.15, 0.2) is 33.2 Å². The molecule has 30 heavy (non-hydrogen) atoms. The topological polar surface area (TPSA) is 89.2 Å². The molecule has 2 amide bonds. The van der Waals surface area contributed by atoms with Crippen LogP contribution in [0.4, 0.5) is 11.4 Å². The van der Waals surface area contributed by atoms with Gasteiger partial charge >= 0.3 is 0 Å². The smallest absolute Gasteiger partial charge is 0.260 e. The molecule has 0 aliphatic heterocycles. The molecular formula is C21H22BrClN4O3. The normalized spacial score (nSPS) is 12.0. The lowest BCUT2D eigenvalue weighted by Crippen LogP contribution is -2.25. The number of halogens is 2. The molecule has 3 rings (SSSR count). The van der Waals surface area contributed by atoms with Crippen LogP contribution in [-0.4, -0.2) is 21.6 Å². The molecule has 0 fully saturated rings. The van der Waals surface area contributed by atoms with Crippen molar-refractivity contribution in [2.75, 3.05) is 10.6 Å². The third-order valence-corrected chi connectivity index (χ3v) is 5.96. The number of benzene rings is 1. The van der Waals surface area contributed by atoms with Gasteiger partial charge in [-0.05, 0) is 74.8 Å². The number of hydrogen-bond donors (Lipinski definition) is 2. The molecular weight excluding hydrogens is 472 g/mol. The summed E-state index contributed by atoms with van der Waals surface area (Å²) in [5, 5.41) is 10.3. The Morgan fingerprint density at radius 1 is 1.13 bits per heavy atom. The summed E-state index contributed by atoms with van der Waals surface area (Å²) in [7, 11) is 0. The first-order valence-electron chi connectivity index (χ1n) is 9.28. The number of carbonyl (C=O) groups excluding carboxylic acids is 2. The first kappa shape index (κ1) is 22.1. The molecule has 0 aliphatic rings. The van der Waals surface area contributed by atoms with Gasteiger partial charge in [0.25, 0.3) is 5.91 Å². The summed E-state index contributed by atoms with van der Waals surface area (Å²) >= 11 is 9.71. The van der Waals surface area contributed by atoms with E-state index in [1.54, 1.807) is 43.7 Å². The van der Waals surface area contributed by atoms with Gasteiger partial charge in [-0.1, -0.05) is 11.6 Å². The highest BCUT2D eigenvalue weighted by Crippen LogP contribution is 2.30. The Balaban J connectivity index is 1.73. The zero-order valence-electron chi connectivity index (χ0n) is 17.3. The van der Waals surface area contributed by atoms with Gasteiger partial charge in [0.2, 0.25) is 5.91 Å². The molecule has 1 aromatic carbocycles. The Morgan fingerprint density at radius 2 is 1.83 bits per heavy atom. The van der Waals surface area contributed by atoms with Crippen molar-refractivity contribution in [2.45, 2.75) is 40.7 Å². The van der Waals surface area contributed by atoms with Crippen molar-refractivity contribution in [2.24, 2.45) is 0 Å². The number of nitrogens with one attached hydrogen (secondary N) is 2. The van der Waals surface area contributed by atoms with Crippen molar-refractivity contribution in [1.82, 2.24) is 9.78 Å². The fraction of sp³-hybridized carbons (Fsp3) is 0.286. The summed E-state index contributed by atoms with van der Waals surface area (Å²) in [5.41, 5.74) is 3.12. The maximum Gasteiger partial charge on any atom is 0.260 e. The number of rotatable bonds is 5. The fourth-order valence-corrected chi connectivity index (χ4v) is 3.96. The largest absolute Gasteiger partial charge is 0.465 e. The van der Waals surface area contributed by atoms with E-state index in [2.05, 4.69) is 31.7 Å². The van der Waals surface area contributed by atoms with Crippen LogP contribution in [0.1, 0.15) is 46.2 Å². The molecule has 0 aliphatic carbocycles. The van der Waals surface area contributed by atoms with E-state index >= 15 is 0 Å². The number of amides is 2. The molecule has 3 aromatic rings. The first-order chi connectivity index (χ1) is 14.1. The predicted octanol–water partition coefficient (Wildman–Crippen LogP) is 5.58. The van der Waals surface area contributed by atoms with Gasteiger partial charge in [0.15, 0.2) is 0 Å². The Morgan fingerprint density at radius 3 is 2.37 bits per heavy atom. The van der Waals surface area contributed by atoms with Gasteiger partial charge in [0.05, 0.1) is 26.4 Å². The molecule has 2 heterocycles. The summed E-state index contributed by atoms with van der Waals surface area (Å²) < 4.78 is 7.75. The SMILES string of the molecule is Cc1cc(C)n(C(C)C(=O)Nc2ccc(NC(=O)c3c(C)oc(C)c3Br)cc2Cl)n1. The molecule has 2 aromatic heterocycles. The Labute approximate surface area is 187 Å². The number of aromatic nitrogens is 2. The molecule has 0 radical (unpaired) electrons. The molecule has 1 unspecified atom stereocenters. The molecule has 0 bridgehead atoms. The molecule has 9 heteroatoms. The van der Waals surface area contributed by atoms with E-state index in [4.69, 9.17) is 16.0 Å². The maximum atomic E-state index is 12.6. The van der Waals surface area contributed by atoms with Crippen LogP contribution in [0, 0.1) is 27.7 Å². The summed E-state index contributed by atoms with van der Waals surface area (Å²) in [5.74, 6) is 0.589. The van der Waals surface area contributed by atoms with Gasteiger partial charge in [-0.25, -0.2) is 0 Å². The van der Waals surface area contributed by atoms with Crippen LogP contribution >= 0.6 is 27.5 Å². The highest BCUT2D eigenvalue weighted by molar-refractivity contribution is 9.10. The van der Waals surface area contributed by atoms with E-state index in [1.807, 2.05) is 19.9 Å². The van der Waals surface area contributed by atoms with Gasteiger partial charge in [0.1, 0.15) is 17.6 Å². The summed E-state index contributed by atoms with van der Waals surface area (Å²) in [6.45, 7) is 9.04. The standard InChI is InChI=1S/C21H22BrClN4O3/c1-10-8-11(2)27(26-10)12(3)20(28)25-17-7-6-15(9-16(17)23)24-21(29)18-13(4)30-14(5)19(18)22/h6-9,12H,1-5H3,(H,24,29)(H,25,28). The van der Waals surface area contributed by atoms with E-state index in [0.29, 0.717) is 38.0 Å². The predicted molar refractivity (Wildman–Crippen MR) is 120 cm³/mol. The van der Waals surface area contributed by atoms with Gasteiger partial charge in [0, 0.05) is 11.4 Å². The van der Waals surface area contributed by atoms with Gasteiger partial charge in [-0.15, -0.1) is 0 Å². The third-order valence-electron chi connectivity index (χ3n) is 4.69.